The van der Waals surface area contributed by atoms with Crippen LogP contribution in [0, 0.1) is 0 Å². The van der Waals surface area contributed by atoms with E-state index in [-0.39, 0.29) is 34.2 Å². The summed E-state index contributed by atoms with van der Waals surface area (Å²) in [5, 5.41) is 21.4. The van der Waals surface area contributed by atoms with Gasteiger partial charge < -0.3 is 24.3 Å². The number of phenolic OH excluding ortho intramolecular Hbond substituents is 1. The number of rotatable bonds is 6. The Morgan fingerprint density at radius 1 is 1.12 bits per heavy atom. The average molecular weight is 488 g/mol. The lowest BCUT2D eigenvalue weighted by Crippen LogP contribution is -2.29. The third-order valence-electron chi connectivity index (χ3n) is 5.24. The molecule has 1 aromatic heterocycles. The molecule has 0 spiro atoms. The van der Waals surface area contributed by atoms with Gasteiger partial charge in [0.1, 0.15) is 23.0 Å². The van der Waals surface area contributed by atoms with Gasteiger partial charge in [0, 0.05) is 5.56 Å². The molecule has 1 aliphatic heterocycles. The summed E-state index contributed by atoms with van der Waals surface area (Å²) in [5.41, 5.74) is 0.566. The maximum Gasteiger partial charge on any atom is 0.296 e. The average Bonchev–Trinajstić information content (AvgIpc) is 3.39. The lowest BCUT2D eigenvalue weighted by molar-refractivity contribution is -0.140. The first kappa shape index (κ1) is 22.8. The van der Waals surface area contributed by atoms with Crippen molar-refractivity contribution in [2.75, 3.05) is 6.61 Å². The van der Waals surface area contributed by atoms with E-state index in [2.05, 4.69) is 0 Å². The molecule has 2 N–H and O–H groups in total. The Morgan fingerprint density at radius 3 is 2.58 bits per heavy atom. The maximum atomic E-state index is 13.1. The van der Waals surface area contributed by atoms with Gasteiger partial charge in [-0.1, -0.05) is 29.3 Å². The van der Waals surface area contributed by atoms with Crippen LogP contribution in [0.2, 0.25) is 10.0 Å². The molecule has 0 aliphatic carbocycles. The van der Waals surface area contributed by atoms with E-state index >= 15 is 0 Å². The third-order valence-corrected chi connectivity index (χ3v) is 5.85. The molecule has 1 fully saturated rings. The van der Waals surface area contributed by atoms with Crippen LogP contribution < -0.4 is 4.74 Å². The van der Waals surface area contributed by atoms with Crippen molar-refractivity contribution in [3.63, 3.8) is 0 Å². The van der Waals surface area contributed by atoms with E-state index in [1.54, 1.807) is 19.1 Å². The van der Waals surface area contributed by atoms with Crippen LogP contribution in [0.4, 0.5) is 0 Å². The molecule has 7 nitrogen and oxygen atoms in total. The minimum Gasteiger partial charge on any atom is -0.507 e. The number of Topliss-reactive ketones (excluding diaryl/α,β-unsaturated/α-hetero) is 1. The second kappa shape index (κ2) is 9.21. The molecule has 33 heavy (non-hydrogen) atoms. The van der Waals surface area contributed by atoms with Gasteiger partial charge in [-0.25, -0.2) is 0 Å². The molecule has 1 amide bonds. The van der Waals surface area contributed by atoms with Crippen LogP contribution in [-0.4, -0.2) is 33.4 Å². The molecule has 1 aliphatic rings. The molecule has 170 valence electrons. The van der Waals surface area contributed by atoms with Crippen LogP contribution in [0.1, 0.15) is 29.9 Å². The summed E-state index contributed by atoms with van der Waals surface area (Å²) in [4.78, 5) is 27.4. The van der Waals surface area contributed by atoms with Crippen LogP contribution in [-0.2, 0) is 16.1 Å². The summed E-state index contributed by atoms with van der Waals surface area (Å²) in [6.45, 7) is 2.13. The highest BCUT2D eigenvalue weighted by atomic mass is 35.5. The standard InChI is InChI=1S/C24H19Cl2NO6/c1-2-32-19-11-14(5-7-16(19)25)22(29)20-21(13-6-8-18(28)17(26)10-13)27(24(31)23(20)30)12-15-4-3-9-33-15/h3-11,21,28-29H,2,12H2,1H3/b22-20-. The van der Waals surface area contributed by atoms with Crippen molar-refractivity contribution in [1.82, 2.24) is 4.90 Å². The minimum absolute atomic E-state index is 0.0116. The highest BCUT2D eigenvalue weighted by Crippen LogP contribution is 2.42. The van der Waals surface area contributed by atoms with Gasteiger partial charge in [0.15, 0.2) is 0 Å². The van der Waals surface area contributed by atoms with Crippen molar-refractivity contribution >= 4 is 40.7 Å². The number of benzene rings is 2. The first-order valence-corrected chi connectivity index (χ1v) is 10.8. The van der Waals surface area contributed by atoms with Gasteiger partial charge in [0.05, 0.1) is 41.1 Å². The third kappa shape index (κ3) is 4.29. The smallest absolute Gasteiger partial charge is 0.296 e. The number of aromatic hydroxyl groups is 1. The molecule has 1 unspecified atom stereocenters. The van der Waals surface area contributed by atoms with Crippen molar-refractivity contribution in [3.05, 3.63) is 87.3 Å². The number of amides is 1. The molecule has 2 aromatic carbocycles. The number of phenols is 1. The van der Waals surface area contributed by atoms with Gasteiger partial charge in [0.2, 0.25) is 0 Å². The molecule has 0 radical (unpaired) electrons. The number of furan rings is 1. The topological polar surface area (TPSA) is 100 Å². The molecule has 0 saturated carbocycles. The van der Waals surface area contributed by atoms with E-state index in [1.807, 2.05) is 0 Å². The van der Waals surface area contributed by atoms with Crippen molar-refractivity contribution < 1.29 is 29.0 Å². The Bertz CT molecular complexity index is 1250. The van der Waals surface area contributed by atoms with Crippen LogP contribution in [0.5, 0.6) is 11.5 Å². The number of nitrogens with zero attached hydrogens (tertiary/aromatic N) is 1. The first-order valence-electron chi connectivity index (χ1n) is 10.0. The number of carbonyl (C=O) groups excluding carboxylic acids is 2. The number of hydrogen-bond acceptors (Lipinski definition) is 6. The van der Waals surface area contributed by atoms with Gasteiger partial charge in [-0.15, -0.1) is 0 Å². The van der Waals surface area contributed by atoms with Crippen LogP contribution >= 0.6 is 23.2 Å². The number of halogens is 2. The number of aliphatic hydroxyl groups is 1. The van der Waals surface area contributed by atoms with Gasteiger partial charge in [-0.3, -0.25) is 9.59 Å². The Kier molecular flexibility index (Phi) is 6.35. The van der Waals surface area contributed by atoms with Gasteiger partial charge in [0.25, 0.3) is 11.7 Å². The molecule has 3 aromatic rings. The number of aliphatic hydroxyl groups excluding tert-OH is 1. The van der Waals surface area contributed by atoms with Gasteiger partial charge in [-0.2, -0.15) is 0 Å². The summed E-state index contributed by atoms with van der Waals surface area (Å²) in [6.07, 6.45) is 1.46. The molecule has 9 heteroatoms. The minimum atomic E-state index is -0.973. The van der Waals surface area contributed by atoms with E-state index in [0.717, 1.165) is 0 Å². The van der Waals surface area contributed by atoms with Crippen LogP contribution in [0.3, 0.4) is 0 Å². The first-order chi connectivity index (χ1) is 15.8. The van der Waals surface area contributed by atoms with E-state index < -0.39 is 17.7 Å². The molecule has 2 heterocycles. The van der Waals surface area contributed by atoms with Crippen molar-refractivity contribution in [1.29, 1.82) is 0 Å². The van der Waals surface area contributed by atoms with Crippen molar-refractivity contribution in [2.45, 2.75) is 19.5 Å². The quantitative estimate of drug-likeness (QED) is 0.277. The molecule has 0 bridgehead atoms. The highest BCUT2D eigenvalue weighted by Gasteiger charge is 2.46. The highest BCUT2D eigenvalue weighted by molar-refractivity contribution is 6.46. The summed E-state index contributed by atoms with van der Waals surface area (Å²) in [6, 6.07) is 11.3. The Labute approximate surface area is 199 Å². The van der Waals surface area contributed by atoms with E-state index in [0.29, 0.717) is 28.7 Å². The Hall–Kier alpha value is -3.42. The van der Waals surface area contributed by atoms with E-state index in [4.69, 9.17) is 32.4 Å². The lowest BCUT2D eigenvalue weighted by Gasteiger charge is -2.24. The van der Waals surface area contributed by atoms with Crippen LogP contribution in [0.25, 0.3) is 5.76 Å². The molecular weight excluding hydrogens is 469 g/mol. The maximum absolute atomic E-state index is 13.1. The normalized spacial score (nSPS) is 17.5. The SMILES string of the molecule is CCOc1cc(/C(O)=C2/C(=O)C(=O)N(Cc3ccco3)C2c2ccc(O)c(Cl)c2)ccc1Cl. The number of carbonyl (C=O) groups is 2. The fourth-order valence-corrected chi connectivity index (χ4v) is 4.09. The van der Waals surface area contributed by atoms with Crippen molar-refractivity contribution in [2.24, 2.45) is 0 Å². The zero-order chi connectivity index (χ0) is 23.7. The Balaban J connectivity index is 1.88. The second-order valence-corrected chi connectivity index (χ2v) is 8.11. The second-order valence-electron chi connectivity index (χ2n) is 7.30. The summed E-state index contributed by atoms with van der Waals surface area (Å²) in [5.74, 6) is -1.42. The monoisotopic (exact) mass is 487 g/mol. The van der Waals surface area contributed by atoms with Gasteiger partial charge >= 0.3 is 0 Å². The van der Waals surface area contributed by atoms with E-state index in [1.165, 1.54) is 47.6 Å². The summed E-state index contributed by atoms with van der Waals surface area (Å²) < 4.78 is 10.8. The lowest BCUT2D eigenvalue weighted by atomic mass is 9.95. The number of ketones is 1. The largest absolute Gasteiger partial charge is 0.507 e. The summed E-state index contributed by atoms with van der Waals surface area (Å²) in [7, 11) is 0. The predicted molar refractivity (Wildman–Crippen MR) is 122 cm³/mol. The number of likely N-dealkylation sites (tertiary alicyclic amines) is 1. The zero-order valence-corrected chi connectivity index (χ0v) is 18.9. The Morgan fingerprint density at radius 2 is 1.91 bits per heavy atom. The molecule has 1 saturated heterocycles. The number of ether oxygens (including phenoxy) is 1. The fourth-order valence-electron chi connectivity index (χ4n) is 3.73. The van der Waals surface area contributed by atoms with E-state index in [9.17, 15) is 19.8 Å². The fraction of sp³-hybridized carbons (Fsp3) is 0.167. The van der Waals surface area contributed by atoms with Gasteiger partial charge in [-0.05, 0) is 55.0 Å². The number of hydrogen-bond donors (Lipinski definition) is 2. The molecule has 4 rings (SSSR count). The van der Waals surface area contributed by atoms with Crippen molar-refractivity contribution in [3.8, 4) is 11.5 Å². The van der Waals surface area contributed by atoms with Crippen LogP contribution in [0.15, 0.2) is 64.8 Å². The summed E-state index contributed by atoms with van der Waals surface area (Å²) >= 11 is 12.3. The predicted octanol–water partition coefficient (Wildman–Crippen LogP) is 5.31. The molecule has 1 atom stereocenters. The molecular formula is C24H19Cl2NO6. The zero-order valence-electron chi connectivity index (χ0n) is 17.4.